The number of likely N-dealkylation sites (tertiary alicyclic amines) is 1. The maximum absolute atomic E-state index is 13.9. The number of hydrogen-bond acceptors (Lipinski definition) is 2. The van der Waals surface area contributed by atoms with E-state index in [9.17, 15) is 14.0 Å². The molecule has 1 N–H and O–H groups in total. The van der Waals surface area contributed by atoms with E-state index < -0.39 is 5.82 Å². The lowest BCUT2D eigenvalue weighted by Crippen LogP contribution is -2.48. The van der Waals surface area contributed by atoms with Gasteiger partial charge in [-0.05, 0) is 43.9 Å². The van der Waals surface area contributed by atoms with Crippen LogP contribution in [0.25, 0.3) is 0 Å². The lowest BCUT2D eigenvalue weighted by molar-refractivity contribution is -0.137. The van der Waals surface area contributed by atoms with Gasteiger partial charge in [-0.2, -0.15) is 0 Å². The van der Waals surface area contributed by atoms with Crippen LogP contribution in [0.2, 0.25) is 0 Å². The van der Waals surface area contributed by atoms with Gasteiger partial charge in [-0.1, -0.05) is 35.2 Å². The van der Waals surface area contributed by atoms with Crippen molar-refractivity contribution in [1.82, 2.24) is 10.2 Å². The maximum Gasteiger partial charge on any atom is 0.254 e. The van der Waals surface area contributed by atoms with Gasteiger partial charge in [0.15, 0.2) is 0 Å². The van der Waals surface area contributed by atoms with Crippen molar-refractivity contribution in [1.29, 1.82) is 0 Å². The quantitative estimate of drug-likeness (QED) is 0.821. The van der Waals surface area contributed by atoms with Crippen molar-refractivity contribution < 1.29 is 14.0 Å². The summed E-state index contributed by atoms with van der Waals surface area (Å²) in [5.74, 6) is -0.445. The van der Waals surface area contributed by atoms with E-state index in [1.54, 1.807) is 6.07 Å². The van der Waals surface area contributed by atoms with E-state index in [4.69, 9.17) is 0 Å². The monoisotopic (exact) mass is 410 g/mol. The molecule has 1 aliphatic heterocycles. The number of rotatable bonds is 3. The van der Waals surface area contributed by atoms with Crippen LogP contribution in [0.3, 0.4) is 0 Å². The van der Waals surface area contributed by atoms with Crippen molar-refractivity contribution in [3.8, 4) is 0 Å². The van der Waals surface area contributed by atoms with Gasteiger partial charge in [0.1, 0.15) is 5.82 Å². The zero-order valence-electron chi connectivity index (χ0n) is 14.3. The van der Waals surface area contributed by atoms with Gasteiger partial charge in [-0.25, -0.2) is 4.39 Å². The Morgan fingerprint density at radius 2 is 1.76 bits per heavy atom. The Labute approximate surface area is 156 Å². The third-order valence-electron chi connectivity index (χ3n) is 5.27. The first-order valence-corrected chi connectivity index (χ1v) is 9.88. The Morgan fingerprint density at radius 3 is 2.40 bits per heavy atom. The topological polar surface area (TPSA) is 49.4 Å². The molecule has 2 aliphatic rings. The number of hydrogen-bond donors (Lipinski definition) is 1. The van der Waals surface area contributed by atoms with Gasteiger partial charge in [-0.15, -0.1) is 0 Å². The summed E-state index contributed by atoms with van der Waals surface area (Å²) in [5.41, 5.74) is 0.0592. The highest BCUT2D eigenvalue weighted by Crippen LogP contribution is 2.26. The number of amides is 2. The highest BCUT2D eigenvalue weighted by atomic mass is 79.9. The molecule has 1 aliphatic carbocycles. The Kier molecular flexibility index (Phi) is 6.10. The number of nitrogens with zero attached hydrogens (tertiary/aromatic N) is 1. The molecule has 2 amide bonds. The fraction of sp³-hybridized carbons (Fsp3) is 0.579. The number of carbonyl (C=O) groups excluding carboxylic acids is 2. The Morgan fingerprint density at radius 1 is 1.08 bits per heavy atom. The van der Waals surface area contributed by atoms with E-state index in [1.807, 2.05) is 4.90 Å². The average Bonchev–Trinajstić information content (AvgIpc) is 2.62. The van der Waals surface area contributed by atoms with Gasteiger partial charge in [0.2, 0.25) is 5.91 Å². The third kappa shape index (κ3) is 4.60. The van der Waals surface area contributed by atoms with Crippen LogP contribution in [0.1, 0.15) is 55.3 Å². The van der Waals surface area contributed by atoms with E-state index in [0.29, 0.717) is 17.6 Å². The van der Waals surface area contributed by atoms with Crippen LogP contribution >= 0.6 is 15.9 Å². The Bertz CT molecular complexity index is 638. The Hall–Kier alpha value is -1.43. The van der Waals surface area contributed by atoms with Gasteiger partial charge in [0, 0.05) is 29.5 Å². The number of halogens is 2. The van der Waals surface area contributed by atoms with E-state index in [1.165, 1.54) is 18.6 Å². The van der Waals surface area contributed by atoms with Crippen LogP contribution in [-0.4, -0.2) is 35.8 Å². The molecular formula is C19H24BrFN2O2. The molecule has 4 nitrogen and oxygen atoms in total. The van der Waals surface area contributed by atoms with Gasteiger partial charge >= 0.3 is 0 Å². The highest BCUT2D eigenvalue weighted by Gasteiger charge is 2.29. The van der Waals surface area contributed by atoms with Crippen molar-refractivity contribution in [2.75, 3.05) is 13.1 Å². The summed E-state index contributed by atoms with van der Waals surface area (Å²) in [6, 6.07) is 4.42. The van der Waals surface area contributed by atoms with E-state index in [2.05, 4.69) is 21.2 Å². The molecule has 0 aromatic heterocycles. The second kappa shape index (κ2) is 8.30. The normalized spacial score (nSPS) is 19.7. The number of carbonyl (C=O) groups is 2. The molecule has 0 atom stereocenters. The summed E-state index contributed by atoms with van der Waals surface area (Å²) < 4.78 is 14.5. The molecular weight excluding hydrogens is 387 g/mol. The first-order chi connectivity index (χ1) is 12.0. The van der Waals surface area contributed by atoms with Gasteiger partial charge in [0.05, 0.1) is 5.56 Å². The second-order valence-electron chi connectivity index (χ2n) is 7.03. The number of nitrogens with one attached hydrogen (secondary N) is 1. The van der Waals surface area contributed by atoms with Crippen molar-refractivity contribution in [2.45, 2.75) is 51.0 Å². The molecule has 25 heavy (non-hydrogen) atoms. The van der Waals surface area contributed by atoms with Crippen LogP contribution in [0.4, 0.5) is 4.39 Å². The predicted octanol–water partition coefficient (Wildman–Crippen LogP) is 3.89. The number of piperidine rings is 1. The molecule has 1 aromatic rings. The van der Waals surface area contributed by atoms with Crippen LogP contribution in [0.5, 0.6) is 0 Å². The summed E-state index contributed by atoms with van der Waals surface area (Å²) in [5, 5.41) is 2.90. The molecule has 0 unspecified atom stereocenters. The summed E-state index contributed by atoms with van der Waals surface area (Å²) in [7, 11) is 0. The molecule has 0 bridgehead atoms. The molecule has 3 rings (SSSR count). The second-order valence-corrected chi connectivity index (χ2v) is 7.95. The summed E-state index contributed by atoms with van der Waals surface area (Å²) in [6.07, 6.45) is 7.02. The SMILES string of the molecule is O=C(NC1CCN(C(=O)C2CCCCC2)CC1)c1ccc(Br)cc1F. The average molecular weight is 411 g/mol. The first-order valence-electron chi connectivity index (χ1n) is 9.09. The van der Waals surface area contributed by atoms with E-state index in [-0.39, 0.29) is 29.3 Å². The van der Waals surface area contributed by atoms with Gasteiger partial charge in [-0.3, -0.25) is 9.59 Å². The fourth-order valence-corrected chi connectivity index (χ4v) is 4.12. The summed E-state index contributed by atoms with van der Waals surface area (Å²) in [4.78, 5) is 26.8. The summed E-state index contributed by atoms with van der Waals surface area (Å²) in [6.45, 7) is 1.34. The van der Waals surface area contributed by atoms with Crippen LogP contribution in [0.15, 0.2) is 22.7 Å². The molecule has 2 fully saturated rings. The maximum atomic E-state index is 13.9. The zero-order chi connectivity index (χ0) is 17.8. The minimum Gasteiger partial charge on any atom is -0.349 e. The van der Waals surface area contributed by atoms with E-state index >= 15 is 0 Å². The molecule has 1 saturated carbocycles. The fourth-order valence-electron chi connectivity index (χ4n) is 3.79. The van der Waals surface area contributed by atoms with Gasteiger partial charge < -0.3 is 10.2 Å². The molecule has 1 saturated heterocycles. The van der Waals surface area contributed by atoms with Crippen molar-refractivity contribution in [3.05, 3.63) is 34.1 Å². The van der Waals surface area contributed by atoms with Crippen LogP contribution in [-0.2, 0) is 4.79 Å². The lowest BCUT2D eigenvalue weighted by Gasteiger charge is -2.35. The number of benzene rings is 1. The smallest absolute Gasteiger partial charge is 0.254 e. The molecule has 6 heteroatoms. The molecule has 136 valence electrons. The van der Waals surface area contributed by atoms with Crippen LogP contribution in [0, 0.1) is 11.7 Å². The van der Waals surface area contributed by atoms with Crippen molar-refractivity contribution in [2.24, 2.45) is 5.92 Å². The minimum atomic E-state index is -0.531. The molecule has 1 heterocycles. The van der Waals surface area contributed by atoms with E-state index in [0.717, 1.165) is 38.5 Å². The molecule has 0 spiro atoms. The zero-order valence-corrected chi connectivity index (χ0v) is 15.9. The highest BCUT2D eigenvalue weighted by molar-refractivity contribution is 9.10. The Balaban J connectivity index is 1.50. The lowest BCUT2D eigenvalue weighted by atomic mass is 9.87. The molecule has 1 aromatic carbocycles. The molecule has 0 radical (unpaired) electrons. The minimum absolute atomic E-state index is 0.00838. The van der Waals surface area contributed by atoms with Gasteiger partial charge in [0.25, 0.3) is 5.91 Å². The van der Waals surface area contributed by atoms with Crippen molar-refractivity contribution in [3.63, 3.8) is 0 Å². The van der Waals surface area contributed by atoms with Crippen LogP contribution < -0.4 is 5.32 Å². The third-order valence-corrected chi connectivity index (χ3v) is 5.77. The van der Waals surface area contributed by atoms with Crippen molar-refractivity contribution >= 4 is 27.7 Å². The standard InChI is InChI=1S/C19H24BrFN2O2/c20-14-6-7-16(17(21)12-14)18(24)22-15-8-10-23(11-9-15)19(25)13-4-2-1-3-5-13/h6-7,12-13,15H,1-5,8-11H2,(H,22,24). The largest absolute Gasteiger partial charge is 0.349 e. The first kappa shape index (κ1) is 18.4. The predicted molar refractivity (Wildman–Crippen MR) is 97.7 cm³/mol. The summed E-state index contributed by atoms with van der Waals surface area (Å²) >= 11 is 3.19.